The van der Waals surface area contributed by atoms with Crippen LogP contribution in [0, 0.1) is 0 Å². The number of thioether (sulfide) groups is 1. The first-order valence-corrected chi connectivity index (χ1v) is 8.05. The summed E-state index contributed by atoms with van der Waals surface area (Å²) in [5.41, 5.74) is 1.82. The summed E-state index contributed by atoms with van der Waals surface area (Å²) < 4.78 is 5.27. The zero-order chi connectivity index (χ0) is 14.8. The lowest BCUT2D eigenvalue weighted by Crippen LogP contribution is -2.28. The van der Waals surface area contributed by atoms with Crippen molar-refractivity contribution in [2.45, 2.75) is 57.1 Å². The van der Waals surface area contributed by atoms with Gasteiger partial charge in [-0.3, -0.25) is 5.32 Å². The van der Waals surface area contributed by atoms with Crippen LogP contribution in [-0.4, -0.2) is 28.1 Å². The Balaban J connectivity index is 2.22. The molecule has 0 aromatic carbocycles. The SMILES string of the molecule is CSc1nnc(NC(=O)OC(C)(C)C)c2c1CCCC2. The van der Waals surface area contributed by atoms with Crippen LogP contribution in [0.15, 0.2) is 5.03 Å². The molecule has 0 atom stereocenters. The minimum atomic E-state index is -0.517. The second-order valence-corrected chi connectivity index (χ2v) is 6.64. The molecule has 1 aliphatic carbocycles. The van der Waals surface area contributed by atoms with E-state index in [0.717, 1.165) is 36.3 Å². The van der Waals surface area contributed by atoms with Crippen LogP contribution in [0.4, 0.5) is 10.6 Å². The number of aromatic nitrogens is 2. The molecule has 1 heterocycles. The van der Waals surface area contributed by atoms with E-state index in [0.29, 0.717) is 5.82 Å². The van der Waals surface area contributed by atoms with Gasteiger partial charge in [-0.05, 0) is 58.3 Å². The van der Waals surface area contributed by atoms with E-state index in [2.05, 4.69) is 15.5 Å². The summed E-state index contributed by atoms with van der Waals surface area (Å²) in [4.78, 5) is 11.9. The number of rotatable bonds is 2. The van der Waals surface area contributed by atoms with E-state index in [1.54, 1.807) is 11.8 Å². The van der Waals surface area contributed by atoms with Gasteiger partial charge in [-0.25, -0.2) is 4.79 Å². The second-order valence-electron chi connectivity index (χ2n) is 5.85. The number of carbonyl (C=O) groups excluding carboxylic acids is 1. The highest BCUT2D eigenvalue weighted by Crippen LogP contribution is 2.31. The first kappa shape index (κ1) is 15.1. The first-order valence-electron chi connectivity index (χ1n) is 6.83. The number of ether oxygens (including phenoxy) is 1. The number of anilines is 1. The fourth-order valence-electron chi connectivity index (χ4n) is 2.28. The van der Waals surface area contributed by atoms with Gasteiger partial charge in [0.05, 0.1) is 0 Å². The molecule has 110 valence electrons. The van der Waals surface area contributed by atoms with Gasteiger partial charge in [-0.2, -0.15) is 0 Å². The van der Waals surface area contributed by atoms with Gasteiger partial charge in [-0.15, -0.1) is 22.0 Å². The van der Waals surface area contributed by atoms with Crippen molar-refractivity contribution in [3.05, 3.63) is 11.1 Å². The van der Waals surface area contributed by atoms with E-state index >= 15 is 0 Å². The normalized spacial score (nSPS) is 14.6. The molecule has 5 nitrogen and oxygen atoms in total. The van der Waals surface area contributed by atoms with Crippen LogP contribution in [0.25, 0.3) is 0 Å². The van der Waals surface area contributed by atoms with Gasteiger partial charge < -0.3 is 4.74 Å². The maximum atomic E-state index is 11.9. The molecule has 0 fully saturated rings. The van der Waals surface area contributed by atoms with Gasteiger partial charge in [0.15, 0.2) is 5.82 Å². The lowest BCUT2D eigenvalue weighted by molar-refractivity contribution is 0.0635. The quantitative estimate of drug-likeness (QED) is 0.847. The van der Waals surface area contributed by atoms with Crippen LogP contribution in [0.2, 0.25) is 0 Å². The van der Waals surface area contributed by atoms with Crippen LogP contribution in [0.3, 0.4) is 0 Å². The van der Waals surface area contributed by atoms with Crippen molar-refractivity contribution in [1.82, 2.24) is 10.2 Å². The summed E-state index contributed by atoms with van der Waals surface area (Å²) in [7, 11) is 0. The molecule has 1 amide bonds. The molecule has 0 bridgehead atoms. The molecule has 1 aromatic rings. The van der Waals surface area contributed by atoms with Crippen LogP contribution in [0.1, 0.15) is 44.7 Å². The summed E-state index contributed by atoms with van der Waals surface area (Å²) in [6, 6.07) is 0. The van der Waals surface area contributed by atoms with E-state index in [9.17, 15) is 4.79 Å². The molecule has 0 aliphatic heterocycles. The molecule has 6 heteroatoms. The zero-order valence-electron chi connectivity index (χ0n) is 12.4. The monoisotopic (exact) mass is 295 g/mol. The number of nitrogens with zero attached hydrogens (tertiary/aromatic N) is 2. The van der Waals surface area contributed by atoms with Gasteiger partial charge in [0, 0.05) is 5.56 Å². The molecule has 2 rings (SSSR count). The number of hydrogen-bond donors (Lipinski definition) is 1. The summed E-state index contributed by atoms with van der Waals surface area (Å²) in [6.45, 7) is 5.51. The topological polar surface area (TPSA) is 64.1 Å². The van der Waals surface area contributed by atoms with E-state index in [1.165, 1.54) is 5.56 Å². The van der Waals surface area contributed by atoms with Crippen molar-refractivity contribution in [1.29, 1.82) is 0 Å². The van der Waals surface area contributed by atoms with Gasteiger partial charge in [0.25, 0.3) is 0 Å². The van der Waals surface area contributed by atoms with Gasteiger partial charge in [0.2, 0.25) is 0 Å². The molecule has 0 saturated carbocycles. The molecular weight excluding hydrogens is 274 g/mol. The molecule has 1 N–H and O–H groups in total. The Morgan fingerprint density at radius 1 is 1.20 bits per heavy atom. The third kappa shape index (κ3) is 3.62. The molecule has 20 heavy (non-hydrogen) atoms. The van der Waals surface area contributed by atoms with Crippen molar-refractivity contribution in [3.63, 3.8) is 0 Å². The average Bonchev–Trinajstić information content (AvgIpc) is 2.37. The Kier molecular flexibility index (Phi) is 4.52. The highest BCUT2D eigenvalue weighted by atomic mass is 32.2. The highest BCUT2D eigenvalue weighted by molar-refractivity contribution is 7.98. The summed E-state index contributed by atoms with van der Waals surface area (Å²) in [5, 5.41) is 12.1. The van der Waals surface area contributed by atoms with Crippen LogP contribution < -0.4 is 5.32 Å². The smallest absolute Gasteiger partial charge is 0.413 e. The minimum Gasteiger partial charge on any atom is -0.444 e. The van der Waals surface area contributed by atoms with Crippen LogP contribution in [-0.2, 0) is 17.6 Å². The van der Waals surface area contributed by atoms with E-state index in [-0.39, 0.29) is 0 Å². The van der Waals surface area contributed by atoms with Crippen molar-refractivity contribution >= 4 is 23.7 Å². The fourth-order valence-corrected chi connectivity index (χ4v) is 2.88. The largest absolute Gasteiger partial charge is 0.444 e. The zero-order valence-corrected chi connectivity index (χ0v) is 13.3. The maximum Gasteiger partial charge on any atom is 0.413 e. The lowest BCUT2D eigenvalue weighted by atomic mass is 9.93. The van der Waals surface area contributed by atoms with Gasteiger partial charge in [-0.1, -0.05) is 0 Å². The van der Waals surface area contributed by atoms with Crippen molar-refractivity contribution in [3.8, 4) is 0 Å². The Hall–Kier alpha value is -1.30. The molecule has 1 aromatic heterocycles. The number of carbonyl (C=O) groups is 1. The molecular formula is C14H21N3O2S. The third-order valence-corrected chi connectivity index (χ3v) is 3.78. The first-order chi connectivity index (χ1) is 9.40. The van der Waals surface area contributed by atoms with Gasteiger partial charge in [0.1, 0.15) is 10.6 Å². The summed E-state index contributed by atoms with van der Waals surface area (Å²) in [6.07, 6.45) is 5.75. The number of hydrogen-bond acceptors (Lipinski definition) is 5. The predicted molar refractivity (Wildman–Crippen MR) is 80.3 cm³/mol. The summed E-state index contributed by atoms with van der Waals surface area (Å²) >= 11 is 1.60. The van der Waals surface area contributed by atoms with Crippen molar-refractivity contribution in [2.75, 3.05) is 11.6 Å². The second kappa shape index (κ2) is 5.99. The predicted octanol–water partition coefficient (Wildman–Crippen LogP) is 3.42. The molecule has 0 radical (unpaired) electrons. The number of amides is 1. The van der Waals surface area contributed by atoms with E-state index < -0.39 is 11.7 Å². The fraction of sp³-hybridized carbons (Fsp3) is 0.643. The molecule has 0 saturated heterocycles. The minimum absolute atomic E-state index is 0.475. The number of nitrogens with one attached hydrogen (secondary N) is 1. The van der Waals surface area contributed by atoms with E-state index in [4.69, 9.17) is 4.74 Å². The Morgan fingerprint density at radius 2 is 1.85 bits per heavy atom. The molecule has 1 aliphatic rings. The average molecular weight is 295 g/mol. The highest BCUT2D eigenvalue weighted by Gasteiger charge is 2.22. The standard InChI is InChI=1S/C14H21N3O2S/c1-14(2,3)19-13(18)15-11-9-7-5-6-8-10(9)12(20-4)17-16-11/h5-8H2,1-4H3,(H,15,16,18). The Morgan fingerprint density at radius 3 is 2.45 bits per heavy atom. The lowest BCUT2D eigenvalue weighted by Gasteiger charge is -2.22. The summed E-state index contributed by atoms with van der Waals surface area (Å²) in [5.74, 6) is 0.548. The maximum absolute atomic E-state index is 11.9. The Bertz CT molecular complexity index is 512. The van der Waals surface area contributed by atoms with Crippen LogP contribution >= 0.6 is 11.8 Å². The third-order valence-electron chi connectivity index (χ3n) is 3.07. The van der Waals surface area contributed by atoms with Crippen molar-refractivity contribution < 1.29 is 9.53 Å². The van der Waals surface area contributed by atoms with Crippen molar-refractivity contribution in [2.24, 2.45) is 0 Å². The molecule has 0 spiro atoms. The number of fused-ring (bicyclic) bond motifs is 1. The van der Waals surface area contributed by atoms with E-state index in [1.807, 2.05) is 27.0 Å². The van der Waals surface area contributed by atoms with Gasteiger partial charge >= 0.3 is 6.09 Å². The molecule has 0 unspecified atom stereocenters. The van der Waals surface area contributed by atoms with Crippen LogP contribution in [0.5, 0.6) is 0 Å². The Labute approximate surface area is 123 Å².